The molecule has 0 saturated heterocycles. The molecule has 2 N–H and O–H groups in total. The van der Waals surface area contributed by atoms with E-state index in [-0.39, 0.29) is 0 Å². The van der Waals surface area contributed by atoms with Gasteiger partial charge in [0.15, 0.2) is 0 Å². The average Bonchev–Trinajstić information content (AvgIpc) is 2.09. The number of anilines is 1. The second-order valence-corrected chi connectivity index (χ2v) is 3.10. The SMILES string of the molecule is CNCCNc1ncncc1Br. The Hall–Kier alpha value is -0.680. The molecule has 0 bridgehead atoms. The Labute approximate surface area is 79.9 Å². The van der Waals surface area contributed by atoms with Gasteiger partial charge in [0.25, 0.3) is 0 Å². The molecule has 0 saturated carbocycles. The van der Waals surface area contributed by atoms with Gasteiger partial charge in [0.2, 0.25) is 0 Å². The number of hydrogen-bond acceptors (Lipinski definition) is 4. The lowest BCUT2D eigenvalue weighted by Crippen LogP contribution is -2.18. The van der Waals surface area contributed by atoms with Crippen molar-refractivity contribution in [1.29, 1.82) is 0 Å². The first-order valence-electron chi connectivity index (χ1n) is 3.68. The summed E-state index contributed by atoms with van der Waals surface area (Å²) in [7, 11) is 1.91. The van der Waals surface area contributed by atoms with Gasteiger partial charge in [-0.25, -0.2) is 9.97 Å². The first-order valence-corrected chi connectivity index (χ1v) is 4.48. The van der Waals surface area contributed by atoms with E-state index < -0.39 is 0 Å². The van der Waals surface area contributed by atoms with Crippen LogP contribution < -0.4 is 10.6 Å². The Balaban J connectivity index is 2.46. The lowest BCUT2D eigenvalue weighted by atomic mass is 10.5. The van der Waals surface area contributed by atoms with Gasteiger partial charge in [0, 0.05) is 19.3 Å². The molecule has 0 amide bonds. The van der Waals surface area contributed by atoms with Crippen molar-refractivity contribution < 1.29 is 0 Å². The molecule has 4 nitrogen and oxygen atoms in total. The third-order valence-electron chi connectivity index (χ3n) is 1.34. The minimum atomic E-state index is 0.834. The molecule has 1 aromatic heterocycles. The van der Waals surface area contributed by atoms with Gasteiger partial charge in [-0.2, -0.15) is 0 Å². The molecular weight excluding hydrogens is 220 g/mol. The van der Waals surface area contributed by atoms with E-state index in [1.807, 2.05) is 7.05 Å². The van der Waals surface area contributed by atoms with Crippen molar-refractivity contribution in [3.63, 3.8) is 0 Å². The number of likely N-dealkylation sites (N-methyl/N-ethyl adjacent to an activating group) is 1. The second kappa shape index (κ2) is 5.05. The summed E-state index contributed by atoms with van der Waals surface area (Å²) in [6, 6.07) is 0. The van der Waals surface area contributed by atoms with Crippen molar-refractivity contribution in [2.75, 3.05) is 25.5 Å². The standard InChI is InChI=1S/C7H11BrN4/c1-9-2-3-11-7-6(8)4-10-5-12-7/h4-5,9H,2-3H2,1H3,(H,10,11,12). The summed E-state index contributed by atoms with van der Waals surface area (Å²) < 4.78 is 0.890. The van der Waals surface area contributed by atoms with E-state index in [1.54, 1.807) is 6.20 Å². The fourth-order valence-electron chi connectivity index (χ4n) is 0.749. The minimum Gasteiger partial charge on any atom is -0.368 e. The molecule has 12 heavy (non-hydrogen) atoms. The van der Waals surface area contributed by atoms with Gasteiger partial charge >= 0.3 is 0 Å². The van der Waals surface area contributed by atoms with Gasteiger partial charge in [0.1, 0.15) is 12.1 Å². The van der Waals surface area contributed by atoms with Crippen LogP contribution in [0.4, 0.5) is 5.82 Å². The minimum absolute atomic E-state index is 0.834. The Morgan fingerprint density at radius 3 is 3.00 bits per heavy atom. The summed E-state index contributed by atoms with van der Waals surface area (Å²) in [6.07, 6.45) is 3.24. The Bertz CT molecular complexity index is 241. The van der Waals surface area contributed by atoms with Gasteiger partial charge in [-0.15, -0.1) is 0 Å². The molecule has 0 spiro atoms. The summed E-state index contributed by atoms with van der Waals surface area (Å²) in [6.45, 7) is 1.77. The van der Waals surface area contributed by atoms with Gasteiger partial charge in [0.05, 0.1) is 4.47 Å². The predicted molar refractivity (Wildman–Crippen MR) is 52.1 cm³/mol. The third-order valence-corrected chi connectivity index (χ3v) is 1.92. The molecule has 0 aliphatic heterocycles. The maximum absolute atomic E-state index is 4.05. The number of halogens is 1. The Morgan fingerprint density at radius 1 is 1.50 bits per heavy atom. The lowest BCUT2D eigenvalue weighted by Gasteiger charge is -2.05. The molecule has 0 atom stereocenters. The smallest absolute Gasteiger partial charge is 0.143 e. The van der Waals surface area contributed by atoms with Crippen LogP contribution in [0.3, 0.4) is 0 Å². The predicted octanol–water partition coefficient (Wildman–Crippen LogP) is 0.870. The summed E-state index contributed by atoms with van der Waals surface area (Å²) in [5, 5.41) is 6.19. The summed E-state index contributed by atoms with van der Waals surface area (Å²) >= 11 is 3.34. The van der Waals surface area contributed by atoms with E-state index in [1.165, 1.54) is 6.33 Å². The quantitative estimate of drug-likeness (QED) is 0.755. The van der Waals surface area contributed by atoms with E-state index >= 15 is 0 Å². The summed E-state index contributed by atoms with van der Waals surface area (Å²) in [5.41, 5.74) is 0. The number of aromatic nitrogens is 2. The van der Waals surface area contributed by atoms with Crippen molar-refractivity contribution in [2.24, 2.45) is 0 Å². The number of nitrogens with one attached hydrogen (secondary N) is 2. The highest BCUT2D eigenvalue weighted by atomic mass is 79.9. The van der Waals surface area contributed by atoms with Crippen molar-refractivity contribution in [1.82, 2.24) is 15.3 Å². The van der Waals surface area contributed by atoms with Crippen molar-refractivity contribution in [2.45, 2.75) is 0 Å². The molecule has 1 heterocycles. The molecule has 1 aromatic rings. The van der Waals surface area contributed by atoms with Crippen LogP contribution in [-0.4, -0.2) is 30.1 Å². The molecule has 66 valence electrons. The third kappa shape index (κ3) is 2.75. The maximum Gasteiger partial charge on any atom is 0.143 e. The van der Waals surface area contributed by atoms with Crippen LogP contribution >= 0.6 is 15.9 Å². The zero-order valence-electron chi connectivity index (χ0n) is 6.84. The normalized spacial score (nSPS) is 9.83. The number of hydrogen-bond donors (Lipinski definition) is 2. The van der Waals surface area contributed by atoms with Crippen LogP contribution in [0.2, 0.25) is 0 Å². The van der Waals surface area contributed by atoms with E-state index in [0.717, 1.165) is 23.4 Å². The highest BCUT2D eigenvalue weighted by Gasteiger charge is 1.97. The van der Waals surface area contributed by atoms with Gasteiger partial charge in [-0.1, -0.05) is 0 Å². The van der Waals surface area contributed by atoms with Crippen LogP contribution in [0.5, 0.6) is 0 Å². The monoisotopic (exact) mass is 230 g/mol. The average molecular weight is 231 g/mol. The summed E-state index contributed by atoms with van der Waals surface area (Å²) in [4.78, 5) is 7.91. The molecular formula is C7H11BrN4. The van der Waals surface area contributed by atoms with Crippen molar-refractivity contribution in [3.8, 4) is 0 Å². The molecule has 0 radical (unpaired) electrons. The molecule has 5 heteroatoms. The van der Waals surface area contributed by atoms with Crippen molar-refractivity contribution >= 4 is 21.7 Å². The van der Waals surface area contributed by atoms with Gasteiger partial charge < -0.3 is 10.6 Å². The molecule has 0 fully saturated rings. The van der Waals surface area contributed by atoms with Crippen LogP contribution in [0, 0.1) is 0 Å². The number of rotatable bonds is 4. The second-order valence-electron chi connectivity index (χ2n) is 2.25. The zero-order chi connectivity index (χ0) is 8.81. The van der Waals surface area contributed by atoms with Crippen LogP contribution in [0.25, 0.3) is 0 Å². The highest BCUT2D eigenvalue weighted by molar-refractivity contribution is 9.10. The van der Waals surface area contributed by atoms with Crippen LogP contribution in [-0.2, 0) is 0 Å². The lowest BCUT2D eigenvalue weighted by molar-refractivity contribution is 0.820. The fraction of sp³-hybridized carbons (Fsp3) is 0.429. The first kappa shape index (κ1) is 9.41. The molecule has 0 unspecified atom stereocenters. The van der Waals surface area contributed by atoms with Crippen molar-refractivity contribution in [3.05, 3.63) is 17.0 Å². The Kier molecular flexibility index (Phi) is 3.96. The van der Waals surface area contributed by atoms with Crippen LogP contribution in [0.15, 0.2) is 17.0 Å². The maximum atomic E-state index is 4.05. The van der Waals surface area contributed by atoms with E-state index in [9.17, 15) is 0 Å². The molecule has 0 aliphatic rings. The largest absolute Gasteiger partial charge is 0.368 e. The zero-order valence-corrected chi connectivity index (χ0v) is 8.43. The fourth-order valence-corrected chi connectivity index (χ4v) is 1.11. The molecule has 1 rings (SSSR count). The van der Waals surface area contributed by atoms with Gasteiger partial charge in [-0.05, 0) is 23.0 Å². The van der Waals surface area contributed by atoms with E-state index in [2.05, 4.69) is 36.5 Å². The number of nitrogens with zero attached hydrogens (tertiary/aromatic N) is 2. The van der Waals surface area contributed by atoms with Crippen LogP contribution in [0.1, 0.15) is 0 Å². The van der Waals surface area contributed by atoms with E-state index in [4.69, 9.17) is 0 Å². The highest BCUT2D eigenvalue weighted by Crippen LogP contribution is 2.16. The topological polar surface area (TPSA) is 49.8 Å². The molecule has 0 aliphatic carbocycles. The van der Waals surface area contributed by atoms with Gasteiger partial charge in [-0.3, -0.25) is 0 Å². The Morgan fingerprint density at radius 2 is 2.33 bits per heavy atom. The first-order chi connectivity index (χ1) is 5.84. The van der Waals surface area contributed by atoms with E-state index in [0.29, 0.717) is 0 Å². The summed E-state index contributed by atoms with van der Waals surface area (Å²) in [5.74, 6) is 0.834. The molecule has 0 aromatic carbocycles.